The smallest absolute Gasteiger partial charge is 0.0582 e. The van der Waals surface area contributed by atoms with Gasteiger partial charge in [0.05, 0.1) is 5.69 Å². The Hall–Kier alpha value is -1.42. The number of halogens is 1. The summed E-state index contributed by atoms with van der Waals surface area (Å²) in [7, 11) is 0. The summed E-state index contributed by atoms with van der Waals surface area (Å²) in [6, 6.07) is 12.2. The van der Waals surface area contributed by atoms with Crippen LogP contribution >= 0.6 is 11.6 Å². The van der Waals surface area contributed by atoms with Crippen LogP contribution in [-0.4, -0.2) is 18.1 Å². The highest BCUT2D eigenvalue weighted by atomic mass is 35.5. The van der Waals surface area contributed by atoms with Crippen molar-refractivity contribution in [3.8, 4) is 0 Å². The number of nitrogens with two attached hydrogens (primary N) is 1. The summed E-state index contributed by atoms with van der Waals surface area (Å²) < 4.78 is 0. The van der Waals surface area contributed by atoms with Gasteiger partial charge in [0.1, 0.15) is 0 Å². The van der Waals surface area contributed by atoms with Crippen LogP contribution in [0.15, 0.2) is 42.6 Å². The first-order chi connectivity index (χ1) is 11.1. The predicted octanol–water partition coefficient (Wildman–Crippen LogP) is 3.89. The van der Waals surface area contributed by atoms with E-state index in [1.54, 1.807) is 0 Å². The van der Waals surface area contributed by atoms with Gasteiger partial charge < -0.3 is 11.1 Å². The van der Waals surface area contributed by atoms with Gasteiger partial charge in [0, 0.05) is 23.2 Å². The molecule has 3 nitrogen and oxygen atoms in total. The van der Waals surface area contributed by atoms with E-state index in [-0.39, 0.29) is 5.41 Å². The van der Waals surface area contributed by atoms with Crippen molar-refractivity contribution in [1.82, 2.24) is 10.3 Å². The molecular weight excluding hydrogens is 306 g/mol. The van der Waals surface area contributed by atoms with E-state index in [1.165, 1.54) is 11.1 Å². The van der Waals surface area contributed by atoms with Crippen molar-refractivity contribution < 1.29 is 0 Å². The van der Waals surface area contributed by atoms with E-state index in [4.69, 9.17) is 17.3 Å². The summed E-state index contributed by atoms with van der Waals surface area (Å²) in [5, 5.41) is 4.23. The second-order valence-corrected chi connectivity index (χ2v) is 6.74. The second kappa shape index (κ2) is 8.44. The average molecular weight is 332 g/mol. The van der Waals surface area contributed by atoms with Gasteiger partial charge in [-0.25, -0.2) is 0 Å². The Balaban J connectivity index is 2.16. The Labute approximate surface area is 144 Å². The third kappa shape index (κ3) is 4.77. The van der Waals surface area contributed by atoms with Crippen LogP contribution in [0.3, 0.4) is 0 Å². The van der Waals surface area contributed by atoms with E-state index < -0.39 is 0 Å². The maximum Gasteiger partial charge on any atom is 0.0582 e. The highest BCUT2D eigenvalue weighted by Gasteiger charge is 2.26. The van der Waals surface area contributed by atoms with Crippen LogP contribution in [0.25, 0.3) is 0 Å². The Kier molecular flexibility index (Phi) is 6.58. The van der Waals surface area contributed by atoms with Crippen LogP contribution in [0.1, 0.15) is 43.5 Å². The Bertz CT molecular complexity index is 608. The molecule has 1 heterocycles. The summed E-state index contributed by atoms with van der Waals surface area (Å²) in [5.41, 5.74) is 8.99. The molecule has 23 heavy (non-hydrogen) atoms. The Morgan fingerprint density at radius 3 is 2.57 bits per heavy atom. The lowest BCUT2D eigenvalue weighted by atomic mass is 9.77. The number of aromatic nitrogens is 1. The van der Waals surface area contributed by atoms with Crippen molar-refractivity contribution >= 4 is 11.6 Å². The van der Waals surface area contributed by atoms with Crippen LogP contribution < -0.4 is 11.1 Å². The first-order valence-corrected chi connectivity index (χ1v) is 8.54. The van der Waals surface area contributed by atoms with Crippen molar-refractivity contribution in [2.45, 2.75) is 38.6 Å². The lowest BCUT2D eigenvalue weighted by Gasteiger charge is -2.28. The van der Waals surface area contributed by atoms with Gasteiger partial charge >= 0.3 is 0 Å². The minimum absolute atomic E-state index is 0.118. The highest BCUT2D eigenvalue weighted by molar-refractivity contribution is 6.30. The molecule has 0 amide bonds. The van der Waals surface area contributed by atoms with Gasteiger partial charge in [0.15, 0.2) is 0 Å². The fraction of sp³-hybridized carbons (Fsp3) is 0.421. The first-order valence-electron chi connectivity index (χ1n) is 8.17. The van der Waals surface area contributed by atoms with Gasteiger partial charge in [-0.1, -0.05) is 43.6 Å². The van der Waals surface area contributed by atoms with Crippen molar-refractivity contribution in [2.75, 3.05) is 13.1 Å². The molecule has 124 valence electrons. The third-order valence-electron chi connectivity index (χ3n) is 4.23. The summed E-state index contributed by atoms with van der Waals surface area (Å²) in [4.78, 5) is 4.59. The van der Waals surface area contributed by atoms with E-state index in [1.807, 2.05) is 24.4 Å². The molecule has 2 rings (SSSR count). The van der Waals surface area contributed by atoms with Gasteiger partial charge in [-0.05, 0) is 55.3 Å². The number of hydrogen-bond donors (Lipinski definition) is 2. The zero-order valence-electron chi connectivity index (χ0n) is 14.0. The zero-order valence-corrected chi connectivity index (χ0v) is 14.7. The quantitative estimate of drug-likeness (QED) is 0.721. The zero-order chi connectivity index (χ0) is 16.7. The van der Waals surface area contributed by atoms with Crippen LogP contribution in [-0.2, 0) is 12.0 Å². The molecule has 3 N–H and O–H groups in total. The molecule has 0 saturated heterocycles. The maximum absolute atomic E-state index is 6.02. The molecular formula is C19H26ClN3. The largest absolute Gasteiger partial charge is 0.330 e. The number of hydrogen-bond acceptors (Lipinski definition) is 3. The molecule has 0 bridgehead atoms. The normalized spacial score (nSPS) is 11.7. The van der Waals surface area contributed by atoms with Crippen LogP contribution in [0.2, 0.25) is 5.02 Å². The minimum atomic E-state index is -0.118. The standard InChI is InChI=1S/C19H26ClN3/c1-19(2,15-7-9-16(20)10-8-15)17-6-5-13-23-18(17)14-22-12-4-3-11-21/h5-10,13,22H,3-4,11-12,14,21H2,1-2H3. The molecule has 0 aliphatic rings. The van der Waals surface area contributed by atoms with Gasteiger partial charge in [-0.2, -0.15) is 0 Å². The molecule has 4 heteroatoms. The number of benzene rings is 1. The predicted molar refractivity (Wildman–Crippen MR) is 97.8 cm³/mol. The van der Waals surface area contributed by atoms with E-state index in [2.05, 4.69) is 42.3 Å². The maximum atomic E-state index is 6.02. The molecule has 0 fully saturated rings. The first kappa shape index (κ1) is 17.9. The number of unbranched alkanes of at least 4 members (excludes halogenated alkanes) is 1. The SMILES string of the molecule is CC(C)(c1ccc(Cl)cc1)c1cccnc1CNCCCCN. The summed E-state index contributed by atoms with van der Waals surface area (Å²) in [6.45, 7) is 6.95. The van der Waals surface area contributed by atoms with E-state index >= 15 is 0 Å². The molecule has 0 aliphatic heterocycles. The number of pyridine rings is 1. The van der Waals surface area contributed by atoms with Crippen molar-refractivity contribution in [2.24, 2.45) is 5.73 Å². The van der Waals surface area contributed by atoms with Gasteiger partial charge in [0.25, 0.3) is 0 Å². The monoisotopic (exact) mass is 331 g/mol. The number of nitrogens with zero attached hydrogens (tertiary/aromatic N) is 1. The fourth-order valence-electron chi connectivity index (χ4n) is 2.77. The molecule has 0 radical (unpaired) electrons. The van der Waals surface area contributed by atoms with Crippen molar-refractivity contribution in [3.63, 3.8) is 0 Å². The molecule has 0 spiro atoms. The van der Waals surface area contributed by atoms with E-state index in [0.29, 0.717) is 0 Å². The topological polar surface area (TPSA) is 50.9 Å². The molecule has 2 aromatic rings. The van der Waals surface area contributed by atoms with E-state index in [0.717, 1.165) is 43.2 Å². The van der Waals surface area contributed by atoms with Crippen molar-refractivity contribution in [3.05, 3.63) is 64.4 Å². The third-order valence-corrected chi connectivity index (χ3v) is 4.48. The second-order valence-electron chi connectivity index (χ2n) is 6.30. The summed E-state index contributed by atoms with van der Waals surface area (Å²) >= 11 is 6.02. The lowest BCUT2D eigenvalue weighted by Crippen LogP contribution is -2.25. The molecule has 0 atom stereocenters. The molecule has 0 saturated carbocycles. The lowest BCUT2D eigenvalue weighted by molar-refractivity contribution is 0.588. The van der Waals surface area contributed by atoms with Crippen LogP contribution in [0.4, 0.5) is 0 Å². The molecule has 1 aromatic carbocycles. The average Bonchev–Trinajstić information content (AvgIpc) is 2.55. The Morgan fingerprint density at radius 2 is 1.87 bits per heavy atom. The highest BCUT2D eigenvalue weighted by Crippen LogP contribution is 2.33. The number of nitrogens with one attached hydrogen (secondary N) is 1. The van der Waals surface area contributed by atoms with Crippen molar-refractivity contribution in [1.29, 1.82) is 0 Å². The van der Waals surface area contributed by atoms with Gasteiger partial charge in [-0.3, -0.25) is 4.98 Å². The van der Waals surface area contributed by atoms with Gasteiger partial charge in [-0.15, -0.1) is 0 Å². The van der Waals surface area contributed by atoms with Crippen LogP contribution in [0.5, 0.6) is 0 Å². The molecule has 0 aliphatic carbocycles. The van der Waals surface area contributed by atoms with Gasteiger partial charge in [0.2, 0.25) is 0 Å². The summed E-state index contributed by atoms with van der Waals surface area (Å²) in [5.74, 6) is 0. The molecule has 1 aromatic heterocycles. The van der Waals surface area contributed by atoms with Crippen LogP contribution in [0, 0.1) is 0 Å². The Morgan fingerprint density at radius 1 is 1.13 bits per heavy atom. The fourth-order valence-corrected chi connectivity index (χ4v) is 2.90. The number of rotatable bonds is 8. The minimum Gasteiger partial charge on any atom is -0.330 e. The molecule has 0 unspecified atom stereocenters. The summed E-state index contributed by atoms with van der Waals surface area (Å²) in [6.07, 6.45) is 4.01. The van der Waals surface area contributed by atoms with E-state index in [9.17, 15) is 0 Å².